The van der Waals surface area contributed by atoms with Crippen molar-refractivity contribution in [3.63, 3.8) is 0 Å². The van der Waals surface area contributed by atoms with Gasteiger partial charge in [0.1, 0.15) is 0 Å². The molecule has 1 N–H and O–H groups in total. The summed E-state index contributed by atoms with van der Waals surface area (Å²) in [5.41, 5.74) is 0.580. The van der Waals surface area contributed by atoms with Crippen LogP contribution in [-0.4, -0.2) is 16.4 Å². The van der Waals surface area contributed by atoms with E-state index in [0.29, 0.717) is 22.8 Å². The number of hydrogen-bond donors (Lipinski definition) is 1. The van der Waals surface area contributed by atoms with Crippen molar-refractivity contribution in [2.24, 2.45) is 0 Å². The Morgan fingerprint density at radius 1 is 1.53 bits per heavy atom. The van der Waals surface area contributed by atoms with Crippen LogP contribution in [0.4, 0.5) is 0 Å². The van der Waals surface area contributed by atoms with Crippen molar-refractivity contribution in [2.45, 2.75) is 20.3 Å². The summed E-state index contributed by atoms with van der Waals surface area (Å²) in [7, 11) is -1.09. The summed E-state index contributed by atoms with van der Waals surface area (Å²) >= 11 is 0. The SMILES string of the molecule is C=C/C=C(\C(=C/C)NC=O)S(=O)CCC. The van der Waals surface area contributed by atoms with Crippen LogP contribution in [0.25, 0.3) is 0 Å². The lowest BCUT2D eigenvalue weighted by atomic mass is 10.3. The highest BCUT2D eigenvalue weighted by Crippen LogP contribution is 2.13. The lowest BCUT2D eigenvalue weighted by molar-refractivity contribution is -0.108. The average Bonchev–Trinajstić information content (AvgIpc) is 2.23. The van der Waals surface area contributed by atoms with E-state index in [4.69, 9.17) is 0 Å². The van der Waals surface area contributed by atoms with Gasteiger partial charge in [0, 0.05) is 5.75 Å². The van der Waals surface area contributed by atoms with Crippen molar-refractivity contribution < 1.29 is 9.00 Å². The van der Waals surface area contributed by atoms with E-state index in [9.17, 15) is 9.00 Å². The van der Waals surface area contributed by atoms with E-state index in [1.165, 1.54) is 0 Å². The maximum absolute atomic E-state index is 11.8. The molecule has 0 spiro atoms. The fourth-order valence-corrected chi connectivity index (χ4v) is 2.31. The molecule has 0 heterocycles. The molecule has 3 nitrogen and oxygen atoms in total. The molecule has 0 saturated carbocycles. The Hall–Kier alpha value is -1.16. The molecule has 0 aromatic rings. The Bertz CT molecular complexity index is 306. The zero-order chi connectivity index (χ0) is 11.7. The van der Waals surface area contributed by atoms with Crippen LogP contribution in [-0.2, 0) is 15.6 Å². The molecule has 84 valence electrons. The first-order valence-electron chi connectivity index (χ1n) is 4.79. The van der Waals surface area contributed by atoms with Gasteiger partial charge in [-0.1, -0.05) is 25.7 Å². The maximum Gasteiger partial charge on any atom is 0.211 e. The number of nitrogens with one attached hydrogen (secondary N) is 1. The first-order valence-corrected chi connectivity index (χ1v) is 6.11. The highest BCUT2D eigenvalue weighted by molar-refractivity contribution is 7.89. The normalized spacial score (nSPS) is 14.5. The van der Waals surface area contributed by atoms with Gasteiger partial charge < -0.3 is 5.32 Å². The average molecular weight is 227 g/mol. The predicted octanol–water partition coefficient (Wildman–Crippen LogP) is 1.86. The summed E-state index contributed by atoms with van der Waals surface area (Å²) in [5.74, 6) is 0.581. The zero-order valence-electron chi connectivity index (χ0n) is 9.16. The topological polar surface area (TPSA) is 46.2 Å². The summed E-state index contributed by atoms with van der Waals surface area (Å²) < 4.78 is 11.8. The number of carbonyl (C=O) groups is 1. The second kappa shape index (κ2) is 8.17. The third-order valence-corrected chi connectivity index (χ3v) is 3.30. The van der Waals surface area contributed by atoms with Crippen LogP contribution >= 0.6 is 0 Å². The van der Waals surface area contributed by atoms with Crippen LogP contribution in [0, 0.1) is 0 Å². The van der Waals surface area contributed by atoms with Gasteiger partial charge in [-0.25, -0.2) is 0 Å². The Morgan fingerprint density at radius 3 is 2.60 bits per heavy atom. The Balaban J connectivity index is 4.95. The van der Waals surface area contributed by atoms with Gasteiger partial charge in [-0.3, -0.25) is 9.00 Å². The molecule has 0 aromatic carbocycles. The van der Waals surface area contributed by atoms with Crippen molar-refractivity contribution in [1.82, 2.24) is 5.32 Å². The summed E-state index contributed by atoms with van der Waals surface area (Å²) in [6.45, 7) is 7.31. The molecule has 0 saturated heterocycles. The quantitative estimate of drug-likeness (QED) is 0.533. The van der Waals surface area contributed by atoms with Gasteiger partial charge in [0.2, 0.25) is 6.41 Å². The van der Waals surface area contributed by atoms with E-state index >= 15 is 0 Å². The molecule has 0 aromatic heterocycles. The fourth-order valence-electron chi connectivity index (χ4n) is 1.05. The molecule has 0 aliphatic rings. The standard InChI is InChI=1S/C11H17NO2S/c1-4-7-11(15(14)8-5-2)10(6-3)12-9-13/h4,6-7,9H,1,5,8H2,2-3H3,(H,12,13)/b10-6+,11-7+. The van der Waals surface area contributed by atoms with Crippen LogP contribution in [0.5, 0.6) is 0 Å². The summed E-state index contributed by atoms with van der Waals surface area (Å²) in [5, 5.41) is 2.53. The second-order valence-electron chi connectivity index (χ2n) is 2.78. The van der Waals surface area contributed by atoms with Crippen molar-refractivity contribution in [3.05, 3.63) is 35.4 Å². The van der Waals surface area contributed by atoms with Gasteiger partial charge in [0.05, 0.1) is 21.4 Å². The fraction of sp³-hybridized carbons (Fsp3) is 0.364. The summed E-state index contributed by atoms with van der Waals surface area (Å²) in [6, 6.07) is 0. The highest BCUT2D eigenvalue weighted by Gasteiger charge is 2.10. The number of carbonyl (C=O) groups excluding carboxylic acids is 1. The first kappa shape index (κ1) is 13.8. The molecule has 0 fully saturated rings. The third-order valence-electron chi connectivity index (χ3n) is 1.67. The van der Waals surface area contributed by atoms with Crippen molar-refractivity contribution in [2.75, 3.05) is 5.75 Å². The van der Waals surface area contributed by atoms with E-state index in [-0.39, 0.29) is 0 Å². The van der Waals surface area contributed by atoms with Crippen LogP contribution in [0.15, 0.2) is 35.4 Å². The van der Waals surface area contributed by atoms with Gasteiger partial charge in [-0.05, 0) is 19.4 Å². The lowest BCUT2D eigenvalue weighted by Crippen LogP contribution is -2.15. The molecule has 15 heavy (non-hydrogen) atoms. The molecule has 4 heteroatoms. The molecular weight excluding hydrogens is 210 g/mol. The Morgan fingerprint density at radius 2 is 2.20 bits per heavy atom. The van der Waals surface area contributed by atoms with Gasteiger partial charge in [-0.2, -0.15) is 0 Å². The molecule has 0 aliphatic heterocycles. The van der Waals surface area contributed by atoms with Gasteiger partial charge in [0.15, 0.2) is 0 Å². The van der Waals surface area contributed by atoms with Gasteiger partial charge >= 0.3 is 0 Å². The molecule has 0 bridgehead atoms. The van der Waals surface area contributed by atoms with Gasteiger partial charge in [-0.15, -0.1) is 0 Å². The second-order valence-corrected chi connectivity index (χ2v) is 4.32. The minimum atomic E-state index is -1.09. The van der Waals surface area contributed by atoms with Gasteiger partial charge in [0.25, 0.3) is 0 Å². The van der Waals surface area contributed by atoms with E-state index in [1.54, 1.807) is 25.2 Å². The lowest BCUT2D eigenvalue weighted by Gasteiger charge is -2.09. The monoisotopic (exact) mass is 227 g/mol. The minimum Gasteiger partial charge on any atom is -0.328 e. The Kier molecular flexibility index (Phi) is 7.54. The van der Waals surface area contributed by atoms with E-state index < -0.39 is 10.8 Å². The Labute approximate surface area is 93.4 Å². The molecule has 1 unspecified atom stereocenters. The number of rotatable bonds is 7. The van der Waals surface area contributed by atoms with Crippen molar-refractivity contribution >= 4 is 17.2 Å². The molecule has 1 amide bonds. The number of allylic oxidation sites excluding steroid dienone is 3. The summed E-state index contributed by atoms with van der Waals surface area (Å²) in [4.78, 5) is 11.0. The maximum atomic E-state index is 11.8. The van der Waals surface area contributed by atoms with Crippen molar-refractivity contribution in [3.8, 4) is 0 Å². The summed E-state index contributed by atoms with van der Waals surface area (Å²) in [6.07, 6.45) is 6.36. The smallest absolute Gasteiger partial charge is 0.211 e. The molecule has 1 atom stereocenters. The van der Waals surface area contributed by atoms with E-state index in [0.717, 1.165) is 6.42 Å². The first-order chi connectivity index (χ1) is 7.21. The highest BCUT2D eigenvalue weighted by atomic mass is 32.2. The number of hydrogen-bond acceptors (Lipinski definition) is 2. The zero-order valence-corrected chi connectivity index (χ0v) is 9.97. The molecular formula is C11H17NO2S. The van der Waals surface area contributed by atoms with Crippen LogP contribution in [0.3, 0.4) is 0 Å². The largest absolute Gasteiger partial charge is 0.328 e. The van der Waals surface area contributed by atoms with Crippen LogP contribution in [0.1, 0.15) is 20.3 Å². The van der Waals surface area contributed by atoms with Crippen molar-refractivity contribution in [1.29, 1.82) is 0 Å². The molecule has 0 aliphatic carbocycles. The molecule has 0 radical (unpaired) electrons. The van der Waals surface area contributed by atoms with Crippen LogP contribution in [0.2, 0.25) is 0 Å². The minimum absolute atomic E-state index is 0.579. The van der Waals surface area contributed by atoms with Crippen LogP contribution < -0.4 is 5.32 Å². The number of amides is 1. The molecule has 0 rings (SSSR count). The van der Waals surface area contributed by atoms with E-state index in [2.05, 4.69) is 11.9 Å². The predicted molar refractivity (Wildman–Crippen MR) is 64.5 cm³/mol. The van der Waals surface area contributed by atoms with E-state index in [1.807, 2.05) is 6.92 Å². The third kappa shape index (κ3) is 4.74.